The highest BCUT2D eigenvalue weighted by atomic mass is 16.5. The predicted molar refractivity (Wildman–Crippen MR) is 79.3 cm³/mol. The van der Waals surface area contributed by atoms with Crippen molar-refractivity contribution in [1.29, 1.82) is 0 Å². The van der Waals surface area contributed by atoms with Crippen molar-refractivity contribution in [3.05, 3.63) is 0 Å². The van der Waals surface area contributed by atoms with Gasteiger partial charge in [0.1, 0.15) is 0 Å². The molecule has 0 fully saturated rings. The van der Waals surface area contributed by atoms with Crippen LogP contribution in [0.25, 0.3) is 0 Å². The topological polar surface area (TPSA) is 35.5 Å². The zero-order valence-electron chi connectivity index (χ0n) is 13.1. The van der Waals surface area contributed by atoms with Gasteiger partial charge in [-0.3, -0.25) is 4.79 Å². The van der Waals surface area contributed by atoms with Gasteiger partial charge < -0.3 is 9.47 Å². The van der Waals surface area contributed by atoms with Gasteiger partial charge in [-0.15, -0.1) is 0 Å². The molecular weight excluding hydrogens is 240 g/mol. The van der Waals surface area contributed by atoms with E-state index in [4.69, 9.17) is 9.47 Å². The highest BCUT2D eigenvalue weighted by Gasteiger charge is 2.04. The van der Waals surface area contributed by atoms with Crippen LogP contribution in [0.1, 0.15) is 78.1 Å². The van der Waals surface area contributed by atoms with Crippen molar-refractivity contribution >= 4 is 5.97 Å². The summed E-state index contributed by atoms with van der Waals surface area (Å²) in [4.78, 5) is 11.4. The molecular formula is C16H32O3. The number of carbonyl (C=O) groups is 1. The first-order valence-corrected chi connectivity index (χ1v) is 7.89. The third-order valence-corrected chi connectivity index (χ3v) is 3.42. The Morgan fingerprint density at radius 1 is 1.00 bits per heavy atom. The number of unbranched alkanes of at least 4 members (excludes halogenated alkanes) is 7. The second kappa shape index (κ2) is 13.9. The molecule has 0 aromatic rings. The predicted octanol–water partition coefficient (Wildman–Crippen LogP) is 4.49. The highest BCUT2D eigenvalue weighted by molar-refractivity contribution is 5.69. The molecule has 0 amide bonds. The van der Waals surface area contributed by atoms with Crippen molar-refractivity contribution in [3.8, 4) is 0 Å². The molecule has 3 heteroatoms. The van der Waals surface area contributed by atoms with Gasteiger partial charge in [-0.2, -0.15) is 0 Å². The van der Waals surface area contributed by atoms with Crippen molar-refractivity contribution in [2.45, 2.75) is 84.2 Å². The van der Waals surface area contributed by atoms with Crippen molar-refractivity contribution in [3.63, 3.8) is 0 Å². The summed E-state index contributed by atoms with van der Waals surface area (Å²) in [5, 5.41) is 0. The van der Waals surface area contributed by atoms with Crippen LogP contribution in [0.2, 0.25) is 0 Å². The van der Waals surface area contributed by atoms with Crippen molar-refractivity contribution < 1.29 is 14.3 Å². The fourth-order valence-electron chi connectivity index (χ4n) is 1.93. The van der Waals surface area contributed by atoms with E-state index in [0.29, 0.717) is 13.0 Å². The first kappa shape index (κ1) is 18.4. The minimum atomic E-state index is -0.0608. The van der Waals surface area contributed by atoms with Gasteiger partial charge in [-0.25, -0.2) is 0 Å². The minimum absolute atomic E-state index is 0.0608. The summed E-state index contributed by atoms with van der Waals surface area (Å²) in [6.45, 7) is 4.69. The second-order valence-corrected chi connectivity index (χ2v) is 5.28. The second-order valence-electron chi connectivity index (χ2n) is 5.28. The Balaban J connectivity index is 3.20. The van der Waals surface area contributed by atoms with E-state index in [1.807, 2.05) is 6.92 Å². The molecule has 0 aliphatic rings. The maximum Gasteiger partial charge on any atom is 0.305 e. The van der Waals surface area contributed by atoms with Crippen LogP contribution in [-0.2, 0) is 14.3 Å². The maximum atomic E-state index is 11.4. The molecule has 0 bridgehead atoms. The first-order chi connectivity index (χ1) is 9.20. The lowest BCUT2D eigenvalue weighted by Crippen LogP contribution is -2.12. The molecule has 19 heavy (non-hydrogen) atoms. The van der Waals surface area contributed by atoms with Crippen LogP contribution in [0, 0.1) is 0 Å². The fraction of sp³-hybridized carbons (Fsp3) is 0.938. The quantitative estimate of drug-likeness (QED) is 0.366. The molecule has 114 valence electrons. The Morgan fingerprint density at radius 2 is 1.58 bits per heavy atom. The van der Waals surface area contributed by atoms with Crippen LogP contribution in [0.15, 0.2) is 0 Å². The maximum absolute atomic E-state index is 11.4. The van der Waals surface area contributed by atoms with E-state index < -0.39 is 0 Å². The smallest absolute Gasteiger partial charge is 0.305 e. The molecule has 0 aromatic carbocycles. The van der Waals surface area contributed by atoms with Gasteiger partial charge in [0, 0.05) is 20.0 Å². The van der Waals surface area contributed by atoms with Crippen LogP contribution in [0.4, 0.5) is 0 Å². The summed E-state index contributed by atoms with van der Waals surface area (Å²) in [6.07, 6.45) is 11.5. The number of ether oxygens (including phenoxy) is 2. The van der Waals surface area contributed by atoms with Gasteiger partial charge in [0.2, 0.25) is 0 Å². The monoisotopic (exact) mass is 272 g/mol. The summed E-state index contributed by atoms with van der Waals surface area (Å²) < 4.78 is 10.2. The molecule has 0 N–H and O–H groups in total. The van der Waals surface area contributed by atoms with Crippen LogP contribution >= 0.6 is 0 Å². The zero-order chi connectivity index (χ0) is 14.3. The average Bonchev–Trinajstić information content (AvgIpc) is 2.41. The third-order valence-electron chi connectivity index (χ3n) is 3.42. The van der Waals surface area contributed by atoms with Crippen molar-refractivity contribution in [2.24, 2.45) is 0 Å². The summed E-state index contributed by atoms with van der Waals surface area (Å²) >= 11 is 0. The molecule has 0 aliphatic heterocycles. The number of methoxy groups -OCH3 is 1. The minimum Gasteiger partial charge on any atom is -0.466 e. The van der Waals surface area contributed by atoms with Gasteiger partial charge >= 0.3 is 5.97 Å². The number of hydrogen-bond donors (Lipinski definition) is 0. The first-order valence-electron chi connectivity index (χ1n) is 7.89. The Bertz CT molecular complexity index is 204. The highest BCUT2D eigenvalue weighted by Crippen LogP contribution is 2.10. The average molecular weight is 272 g/mol. The van der Waals surface area contributed by atoms with Gasteiger partial charge in [0.15, 0.2) is 0 Å². The molecule has 0 spiro atoms. The van der Waals surface area contributed by atoms with Crippen LogP contribution in [0.5, 0.6) is 0 Å². The lowest BCUT2D eigenvalue weighted by molar-refractivity contribution is -0.144. The SMILES string of the molecule is CCCCCCCCCCC(=O)OCCC(C)OC. The third kappa shape index (κ3) is 13.7. The molecule has 1 unspecified atom stereocenters. The summed E-state index contributed by atoms with van der Waals surface area (Å²) in [5.74, 6) is -0.0608. The molecule has 3 nitrogen and oxygen atoms in total. The van der Waals surface area contributed by atoms with Gasteiger partial charge in [0.25, 0.3) is 0 Å². The van der Waals surface area contributed by atoms with E-state index in [1.165, 1.54) is 38.5 Å². The van der Waals surface area contributed by atoms with Gasteiger partial charge in [0.05, 0.1) is 12.7 Å². The molecule has 0 saturated carbocycles. The summed E-state index contributed by atoms with van der Waals surface area (Å²) in [7, 11) is 1.67. The van der Waals surface area contributed by atoms with E-state index in [0.717, 1.165) is 19.3 Å². The van der Waals surface area contributed by atoms with Crippen LogP contribution in [0.3, 0.4) is 0 Å². The van der Waals surface area contributed by atoms with E-state index in [2.05, 4.69) is 6.92 Å². The zero-order valence-corrected chi connectivity index (χ0v) is 13.1. The number of rotatable bonds is 13. The van der Waals surface area contributed by atoms with E-state index in [-0.39, 0.29) is 12.1 Å². The number of carbonyl (C=O) groups excluding carboxylic acids is 1. The lowest BCUT2D eigenvalue weighted by atomic mass is 10.1. The normalized spacial score (nSPS) is 12.4. The van der Waals surface area contributed by atoms with Gasteiger partial charge in [-0.05, 0) is 13.3 Å². The van der Waals surface area contributed by atoms with Crippen LogP contribution < -0.4 is 0 Å². The lowest BCUT2D eigenvalue weighted by Gasteiger charge is -2.09. The molecule has 0 aliphatic carbocycles. The fourth-order valence-corrected chi connectivity index (χ4v) is 1.93. The Labute approximate surface area is 119 Å². The van der Waals surface area contributed by atoms with Crippen molar-refractivity contribution in [2.75, 3.05) is 13.7 Å². The van der Waals surface area contributed by atoms with Gasteiger partial charge in [-0.1, -0.05) is 51.9 Å². The van der Waals surface area contributed by atoms with E-state index in [9.17, 15) is 4.79 Å². The number of esters is 1. The standard InChI is InChI=1S/C16H32O3/c1-4-5-6-7-8-9-10-11-12-16(17)19-14-13-15(2)18-3/h15H,4-14H2,1-3H3. The molecule has 0 saturated heterocycles. The summed E-state index contributed by atoms with van der Waals surface area (Å²) in [5.41, 5.74) is 0. The van der Waals surface area contributed by atoms with Crippen LogP contribution in [-0.4, -0.2) is 25.8 Å². The molecule has 0 heterocycles. The Morgan fingerprint density at radius 3 is 2.16 bits per heavy atom. The Kier molecular flexibility index (Phi) is 13.4. The van der Waals surface area contributed by atoms with Crippen molar-refractivity contribution in [1.82, 2.24) is 0 Å². The van der Waals surface area contributed by atoms with E-state index >= 15 is 0 Å². The summed E-state index contributed by atoms with van der Waals surface area (Å²) in [6, 6.07) is 0. The molecule has 0 rings (SSSR count). The molecule has 1 atom stereocenters. The molecule has 0 aromatic heterocycles. The number of hydrogen-bond acceptors (Lipinski definition) is 3. The van der Waals surface area contributed by atoms with E-state index in [1.54, 1.807) is 7.11 Å². The molecule has 0 radical (unpaired) electrons. The largest absolute Gasteiger partial charge is 0.466 e. The Hall–Kier alpha value is -0.570.